The Morgan fingerprint density at radius 3 is 3.04 bits per heavy atom. The molecule has 3 rings (SSSR count). The smallest absolute Gasteiger partial charge is 0.410 e. The van der Waals surface area contributed by atoms with Crippen molar-refractivity contribution in [1.29, 1.82) is 0 Å². The van der Waals surface area contributed by atoms with Crippen LogP contribution >= 0.6 is 11.3 Å². The number of carbonyl (C=O) groups excluding carboxylic acids is 2. The minimum absolute atomic E-state index is 0.00607. The number of aryl methyl sites for hydroxylation is 1. The summed E-state index contributed by atoms with van der Waals surface area (Å²) in [6.07, 6.45) is 2.67. The number of rotatable bonds is 6. The van der Waals surface area contributed by atoms with Crippen LogP contribution < -0.4 is 0 Å². The van der Waals surface area contributed by atoms with Gasteiger partial charge < -0.3 is 9.47 Å². The van der Waals surface area contributed by atoms with Crippen LogP contribution in [0.15, 0.2) is 17.5 Å². The molecule has 2 aliphatic rings. The second kappa shape index (κ2) is 7.66. The maximum atomic E-state index is 12.6. The molecule has 3 atom stereocenters. The molecule has 2 fully saturated rings. The van der Waals surface area contributed by atoms with E-state index in [1.165, 1.54) is 4.88 Å². The third-order valence-electron chi connectivity index (χ3n) is 4.64. The number of fused-ring (bicyclic) bond motifs is 1. The molecule has 0 aromatic carbocycles. The number of hydrogen-bond acceptors (Lipinski definition) is 5. The summed E-state index contributed by atoms with van der Waals surface area (Å²) in [5.41, 5.74) is 0. The van der Waals surface area contributed by atoms with Gasteiger partial charge in [-0.25, -0.2) is 4.79 Å². The van der Waals surface area contributed by atoms with Crippen LogP contribution in [0.25, 0.3) is 0 Å². The van der Waals surface area contributed by atoms with E-state index in [2.05, 4.69) is 25.3 Å². The van der Waals surface area contributed by atoms with E-state index in [9.17, 15) is 9.59 Å². The molecule has 2 saturated heterocycles. The van der Waals surface area contributed by atoms with Crippen LogP contribution in [0.5, 0.6) is 0 Å². The van der Waals surface area contributed by atoms with Gasteiger partial charge in [-0.3, -0.25) is 9.69 Å². The molecule has 0 bridgehead atoms. The molecule has 0 N–H and O–H groups in total. The summed E-state index contributed by atoms with van der Waals surface area (Å²) in [5.74, 6) is 0.447. The maximum absolute atomic E-state index is 12.6. The third-order valence-corrected chi connectivity index (χ3v) is 5.58. The summed E-state index contributed by atoms with van der Waals surface area (Å²) in [5, 5.41) is 2.06. The highest BCUT2D eigenvalue weighted by Crippen LogP contribution is 2.28. The van der Waals surface area contributed by atoms with Gasteiger partial charge >= 0.3 is 6.09 Å². The fourth-order valence-electron chi connectivity index (χ4n) is 3.52. The molecule has 1 aromatic heterocycles. The van der Waals surface area contributed by atoms with Crippen molar-refractivity contribution in [1.82, 2.24) is 4.90 Å². The van der Waals surface area contributed by atoms with E-state index in [1.54, 1.807) is 16.2 Å². The van der Waals surface area contributed by atoms with E-state index in [0.717, 1.165) is 25.7 Å². The van der Waals surface area contributed by atoms with Gasteiger partial charge in [-0.1, -0.05) is 19.9 Å². The standard InChI is InChI=1S/C18H25NO4S/c1-12(2)10-13(5-6-14-4-3-9-24-14)23-18(21)19-8-7-16-17(19)15(20)11-22-16/h3-4,9,12-13,16-17H,5-8,10-11H2,1-2H3/t13-,16?,17?/m0/s1. The number of amides is 1. The Labute approximate surface area is 146 Å². The van der Waals surface area contributed by atoms with Crippen molar-refractivity contribution in [3.63, 3.8) is 0 Å². The summed E-state index contributed by atoms with van der Waals surface area (Å²) in [6.45, 7) is 4.92. The molecule has 1 aromatic rings. The molecule has 3 heterocycles. The van der Waals surface area contributed by atoms with E-state index < -0.39 is 6.04 Å². The lowest BCUT2D eigenvalue weighted by Gasteiger charge is -2.26. The maximum Gasteiger partial charge on any atom is 0.410 e. The molecule has 0 saturated carbocycles. The van der Waals surface area contributed by atoms with E-state index in [1.807, 2.05) is 6.07 Å². The van der Waals surface area contributed by atoms with Gasteiger partial charge in [0.1, 0.15) is 18.8 Å². The first-order chi connectivity index (χ1) is 11.5. The van der Waals surface area contributed by atoms with Crippen LogP contribution in [-0.4, -0.2) is 48.2 Å². The Morgan fingerprint density at radius 1 is 1.50 bits per heavy atom. The quantitative estimate of drug-likeness (QED) is 0.789. The predicted molar refractivity (Wildman–Crippen MR) is 92.2 cm³/mol. The largest absolute Gasteiger partial charge is 0.446 e. The van der Waals surface area contributed by atoms with Crippen LogP contribution in [0, 0.1) is 5.92 Å². The number of likely N-dealkylation sites (tertiary alicyclic amines) is 1. The van der Waals surface area contributed by atoms with Gasteiger partial charge in [0.2, 0.25) is 0 Å². The molecule has 132 valence electrons. The molecule has 0 aliphatic carbocycles. The first kappa shape index (κ1) is 17.4. The summed E-state index contributed by atoms with van der Waals surface area (Å²) in [4.78, 5) is 27.4. The topological polar surface area (TPSA) is 55.8 Å². The van der Waals surface area contributed by atoms with E-state index >= 15 is 0 Å². The Balaban J connectivity index is 1.59. The van der Waals surface area contributed by atoms with Crippen molar-refractivity contribution in [2.45, 2.75) is 57.8 Å². The van der Waals surface area contributed by atoms with Crippen molar-refractivity contribution in [2.75, 3.05) is 13.2 Å². The number of carbonyl (C=O) groups is 2. The number of ketones is 1. The zero-order valence-corrected chi connectivity index (χ0v) is 15.1. The normalized spacial score (nSPS) is 24.5. The first-order valence-electron chi connectivity index (χ1n) is 8.68. The lowest BCUT2D eigenvalue weighted by Crippen LogP contribution is -2.43. The van der Waals surface area contributed by atoms with Gasteiger partial charge in [0.25, 0.3) is 0 Å². The van der Waals surface area contributed by atoms with Crippen LogP contribution in [0.4, 0.5) is 4.79 Å². The Morgan fingerprint density at radius 2 is 2.33 bits per heavy atom. The van der Waals surface area contributed by atoms with Crippen molar-refractivity contribution in [3.8, 4) is 0 Å². The van der Waals surface area contributed by atoms with Crippen LogP contribution in [0.3, 0.4) is 0 Å². The fourth-order valence-corrected chi connectivity index (χ4v) is 4.24. The zero-order valence-electron chi connectivity index (χ0n) is 14.3. The molecule has 2 aliphatic heterocycles. The van der Waals surface area contributed by atoms with Gasteiger partial charge in [0, 0.05) is 11.4 Å². The summed E-state index contributed by atoms with van der Waals surface area (Å²) in [6, 6.07) is 3.72. The molecule has 6 heteroatoms. The first-order valence-corrected chi connectivity index (χ1v) is 9.56. The number of ether oxygens (including phenoxy) is 2. The highest BCUT2D eigenvalue weighted by atomic mass is 32.1. The molecule has 24 heavy (non-hydrogen) atoms. The zero-order chi connectivity index (χ0) is 17.1. The summed E-state index contributed by atoms with van der Waals surface area (Å²) >= 11 is 1.73. The molecule has 0 radical (unpaired) electrons. The minimum Gasteiger partial charge on any atom is -0.446 e. The van der Waals surface area contributed by atoms with E-state index in [4.69, 9.17) is 9.47 Å². The highest BCUT2D eigenvalue weighted by Gasteiger charge is 2.47. The lowest BCUT2D eigenvalue weighted by molar-refractivity contribution is -0.121. The molecular weight excluding hydrogens is 326 g/mol. The van der Waals surface area contributed by atoms with Crippen molar-refractivity contribution in [2.24, 2.45) is 5.92 Å². The predicted octanol–water partition coefficient (Wildman–Crippen LogP) is 3.27. The van der Waals surface area contributed by atoms with Crippen LogP contribution in [0.1, 0.15) is 38.0 Å². The van der Waals surface area contributed by atoms with Gasteiger partial charge in [-0.2, -0.15) is 0 Å². The Hall–Kier alpha value is -1.40. The summed E-state index contributed by atoms with van der Waals surface area (Å²) < 4.78 is 11.2. The van der Waals surface area contributed by atoms with E-state index in [0.29, 0.717) is 12.5 Å². The Kier molecular flexibility index (Phi) is 5.56. The third kappa shape index (κ3) is 3.98. The molecule has 1 amide bonds. The SMILES string of the molecule is CC(C)C[C@H](CCc1cccs1)OC(=O)N1CCC2OCC(=O)C21. The van der Waals surface area contributed by atoms with Gasteiger partial charge in [-0.15, -0.1) is 11.3 Å². The molecule has 0 spiro atoms. The average molecular weight is 351 g/mol. The van der Waals surface area contributed by atoms with Crippen molar-refractivity contribution < 1.29 is 19.1 Å². The second-order valence-corrected chi connectivity index (χ2v) is 8.03. The number of nitrogens with zero attached hydrogens (tertiary/aromatic N) is 1. The van der Waals surface area contributed by atoms with Gasteiger partial charge in [0.15, 0.2) is 5.78 Å². The number of hydrogen-bond donors (Lipinski definition) is 0. The lowest BCUT2D eigenvalue weighted by atomic mass is 10.0. The fraction of sp³-hybridized carbons (Fsp3) is 0.667. The van der Waals surface area contributed by atoms with Gasteiger partial charge in [-0.05, 0) is 43.0 Å². The monoisotopic (exact) mass is 351 g/mol. The minimum atomic E-state index is -0.436. The second-order valence-electron chi connectivity index (χ2n) is 7.00. The van der Waals surface area contributed by atoms with E-state index in [-0.39, 0.29) is 30.7 Å². The summed E-state index contributed by atoms with van der Waals surface area (Å²) in [7, 11) is 0. The average Bonchev–Trinajstić information content (AvgIpc) is 3.23. The van der Waals surface area contributed by atoms with Crippen LogP contribution in [-0.2, 0) is 20.7 Å². The molecular formula is C18H25NO4S. The number of Topliss-reactive ketones (excluding diaryl/α,β-unsaturated/α-hetero) is 1. The highest BCUT2D eigenvalue weighted by molar-refractivity contribution is 7.09. The number of thiophene rings is 1. The van der Waals surface area contributed by atoms with Crippen molar-refractivity contribution in [3.05, 3.63) is 22.4 Å². The van der Waals surface area contributed by atoms with Crippen molar-refractivity contribution >= 4 is 23.2 Å². The molecule has 2 unspecified atom stereocenters. The molecule has 5 nitrogen and oxygen atoms in total. The van der Waals surface area contributed by atoms with Crippen LogP contribution in [0.2, 0.25) is 0 Å². The van der Waals surface area contributed by atoms with Gasteiger partial charge in [0.05, 0.1) is 6.10 Å². The Bertz CT molecular complexity index is 572.